The van der Waals surface area contributed by atoms with Gasteiger partial charge in [0.05, 0.1) is 0 Å². The van der Waals surface area contributed by atoms with Crippen LogP contribution in [0.25, 0.3) is 0 Å². The van der Waals surface area contributed by atoms with Crippen molar-refractivity contribution in [3.8, 4) is 0 Å². The van der Waals surface area contributed by atoms with Crippen molar-refractivity contribution in [1.82, 2.24) is 4.90 Å². The van der Waals surface area contributed by atoms with Crippen LogP contribution in [0.2, 0.25) is 0 Å². The van der Waals surface area contributed by atoms with Crippen molar-refractivity contribution in [2.75, 3.05) is 6.54 Å². The molecular formula is C12H25N. The predicted molar refractivity (Wildman–Crippen MR) is 58.9 cm³/mol. The fraction of sp³-hybridized carbons (Fsp3) is 1.00. The Labute approximate surface area is 83.5 Å². The minimum Gasteiger partial charge on any atom is -0.298 e. The van der Waals surface area contributed by atoms with Crippen molar-refractivity contribution < 1.29 is 0 Å². The molecule has 0 aromatic rings. The van der Waals surface area contributed by atoms with Crippen LogP contribution in [-0.2, 0) is 0 Å². The van der Waals surface area contributed by atoms with Gasteiger partial charge in [-0.25, -0.2) is 0 Å². The van der Waals surface area contributed by atoms with E-state index in [-0.39, 0.29) is 0 Å². The first-order chi connectivity index (χ1) is 6.19. The van der Waals surface area contributed by atoms with Crippen molar-refractivity contribution in [1.29, 1.82) is 0 Å². The van der Waals surface area contributed by atoms with Gasteiger partial charge in [0.2, 0.25) is 0 Å². The molecule has 1 saturated heterocycles. The molecule has 0 N–H and O–H groups in total. The summed E-state index contributed by atoms with van der Waals surface area (Å²) in [5.41, 5.74) is 0. The van der Waals surface area contributed by atoms with E-state index < -0.39 is 0 Å². The molecule has 1 nitrogen and oxygen atoms in total. The number of rotatable bonds is 3. The Morgan fingerprint density at radius 2 is 1.92 bits per heavy atom. The summed E-state index contributed by atoms with van der Waals surface area (Å²) in [6.07, 6.45) is 5.56. The molecule has 0 amide bonds. The van der Waals surface area contributed by atoms with Crippen LogP contribution >= 0.6 is 0 Å². The van der Waals surface area contributed by atoms with Crippen LogP contribution in [0.3, 0.4) is 0 Å². The third-order valence-corrected chi connectivity index (χ3v) is 3.58. The fourth-order valence-electron chi connectivity index (χ4n) is 2.60. The van der Waals surface area contributed by atoms with Gasteiger partial charge in [0.15, 0.2) is 0 Å². The molecule has 0 radical (unpaired) electrons. The van der Waals surface area contributed by atoms with Crippen LogP contribution in [0, 0.1) is 5.92 Å². The summed E-state index contributed by atoms with van der Waals surface area (Å²) in [5, 5.41) is 0. The maximum absolute atomic E-state index is 2.69. The van der Waals surface area contributed by atoms with Crippen LogP contribution in [0.4, 0.5) is 0 Å². The van der Waals surface area contributed by atoms with Gasteiger partial charge in [0.1, 0.15) is 0 Å². The lowest BCUT2D eigenvalue weighted by Gasteiger charge is -2.41. The Balaban J connectivity index is 2.50. The maximum Gasteiger partial charge on any atom is 0.00979 e. The van der Waals surface area contributed by atoms with Gasteiger partial charge in [-0.2, -0.15) is 0 Å². The molecule has 13 heavy (non-hydrogen) atoms. The van der Waals surface area contributed by atoms with E-state index in [0.717, 1.165) is 18.0 Å². The molecular weight excluding hydrogens is 158 g/mol. The zero-order valence-corrected chi connectivity index (χ0v) is 9.71. The molecule has 0 saturated carbocycles. The fourth-order valence-corrected chi connectivity index (χ4v) is 2.60. The first-order valence-electron chi connectivity index (χ1n) is 5.94. The second-order valence-corrected chi connectivity index (χ2v) is 4.69. The monoisotopic (exact) mass is 183 g/mol. The lowest BCUT2D eigenvalue weighted by Crippen LogP contribution is -2.45. The van der Waals surface area contributed by atoms with Crippen LogP contribution in [0.5, 0.6) is 0 Å². The van der Waals surface area contributed by atoms with Crippen molar-refractivity contribution in [3.05, 3.63) is 0 Å². The molecule has 1 fully saturated rings. The molecule has 1 aliphatic heterocycles. The first-order valence-corrected chi connectivity index (χ1v) is 5.94. The summed E-state index contributed by atoms with van der Waals surface area (Å²) < 4.78 is 0. The van der Waals surface area contributed by atoms with Crippen molar-refractivity contribution >= 4 is 0 Å². The lowest BCUT2D eigenvalue weighted by atomic mass is 9.87. The summed E-state index contributed by atoms with van der Waals surface area (Å²) in [7, 11) is 0. The van der Waals surface area contributed by atoms with Gasteiger partial charge in [-0.15, -0.1) is 0 Å². The summed E-state index contributed by atoms with van der Waals surface area (Å²) in [6.45, 7) is 10.7. The van der Waals surface area contributed by atoms with Crippen LogP contribution in [0.15, 0.2) is 0 Å². The van der Waals surface area contributed by atoms with E-state index in [1.807, 2.05) is 0 Å². The van der Waals surface area contributed by atoms with Gasteiger partial charge < -0.3 is 0 Å². The highest BCUT2D eigenvalue weighted by atomic mass is 15.2. The molecule has 0 aliphatic carbocycles. The van der Waals surface area contributed by atoms with E-state index in [1.54, 1.807) is 0 Å². The van der Waals surface area contributed by atoms with E-state index in [1.165, 1.54) is 32.2 Å². The molecule has 0 bridgehead atoms. The SMILES string of the molecule is CCC1CCN(C(C)C)C(CC)C1. The number of hydrogen-bond donors (Lipinski definition) is 0. The summed E-state index contributed by atoms with van der Waals surface area (Å²) in [4.78, 5) is 2.69. The standard InChI is InChI=1S/C12H25N/c1-5-11-7-8-13(10(3)4)12(6-2)9-11/h10-12H,5-9H2,1-4H3. The average Bonchev–Trinajstić information content (AvgIpc) is 2.16. The highest BCUT2D eigenvalue weighted by Gasteiger charge is 2.27. The average molecular weight is 183 g/mol. The molecule has 78 valence electrons. The van der Waals surface area contributed by atoms with E-state index in [9.17, 15) is 0 Å². The predicted octanol–water partition coefficient (Wildman–Crippen LogP) is 3.30. The topological polar surface area (TPSA) is 3.24 Å². The van der Waals surface area contributed by atoms with E-state index >= 15 is 0 Å². The molecule has 1 heteroatoms. The number of likely N-dealkylation sites (tertiary alicyclic amines) is 1. The molecule has 0 aromatic heterocycles. The second-order valence-electron chi connectivity index (χ2n) is 4.69. The normalized spacial score (nSPS) is 31.2. The van der Waals surface area contributed by atoms with Crippen molar-refractivity contribution in [3.63, 3.8) is 0 Å². The lowest BCUT2D eigenvalue weighted by molar-refractivity contribution is 0.0776. The van der Waals surface area contributed by atoms with Gasteiger partial charge in [0.25, 0.3) is 0 Å². The first kappa shape index (κ1) is 11.0. The van der Waals surface area contributed by atoms with E-state index in [4.69, 9.17) is 0 Å². The Hall–Kier alpha value is -0.0400. The van der Waals surface area contributed by atoms with Gasteiger partial charge in [0, 0.05) is 12.1 Å². The van der Waals surface area contributed by atoms with Gasteiger partial charge in [-0.1, -0.05) is 20.3 Å². The Morgan fingerprint density at radius 3 is 2.38 bits per heavy atom. The van der Waals surface area contributed by atoms with Gasteiger partial charge in [-0.05, 0) is 45.6 Å². The third kappa shape index (κ3) is 2.70. The van der Waals surface area contributed by atoms with Crippen LogP contribution in [0.1, 0.15) is 53.4 Å². The van der Waals surface area contributed by atoms with Crippen molar-refractivity contribution in [2.24, 2.45) is 5.92 Å². The van der Waals surface area contributed by atoms with E-state index in [2.05, 4.69) is 32.6 Å². The minimum atomic E-state index is 0.739. The quantitative estimate of drug-likeness (QED) is 0.649. The molecule has 1 heterocycles. The van der Waals surface area contributed by atoms with E-state index in [0.29, 0.717) is 0 Å². The highest BCUT2D eigenvalue weighted by molar-refractivity contribution is 4.82. The van der Waals surface area contributed by atoms with Crippen LogP contribution < -0.4 is 0 Å². The zero-order chi connectivity index (χ0) is 9.84. The zero-order valence-electron chi connectivity index (χ0n) is 9.71. The minimum absolute atomic E-state index is 0.739. The third-order valence-electron chi connectivity index (χ3n) is 3.58. The van der Waals surface area contributed by atoms with Crippen molar-refractivity contribution in [2.45, 2.75) is 65.5 Å². The van der Waals surface area contributed by atoms with Gasteiger partial charge >= 0.3 is 0 Å². The Bertz CT molecular complexity index is 142. The molecule has 0 aromatic carbocycles. The number of hydrogen-bond acceptors (Lipinski definition) is 1. The molecule has 1 aliphatic rings. The molecule has 0 spiro atoms. The molecule has 2 atom stereocenters. The summed E-state index contributed by atoms with van der Waals surface area (Å²) in [5.74, 6) is 1.000. The summed E-state index contributed by atoms with van der Waals surface area (Å²) >= 11 is 0. The number of piperidine rings is 1. The number of nitrogens with zero attached hydrogens (tertiary/aromatic N) is 1. The smallest absolute Gasteiger partial charge is 0.00979 e. The maximum atomic E-state index is 2.69. The Kier molecular flexibility index (Phi) is 4.24. The Morgan fingerprint density at radius 1 is 1.23 bits per heavy atom. The molecule has 2 unspecified atom stereocenters. The second kappa shape index (κ2) is 4.99. The largest absolute Gasteiger partial charge is 0.298 e. The highest BCUT2D eigenvalue weighted by Crippen LogP contribution is 2.28. The summed E-state index contributed by atoms with van der Waals surface area (Å²) in [6, 6.07) is 1.60. The molecule has 1 rings (SSSR count). The van der Waals surface area contributed by atoms with Gasteiger partial charge in [-0.3, -0.25) is 4.90 Å². The van der Waals surface area contributed by atoms with Crippen LogP contribution in [-0.4, -0.2) is 23.5 Å².